The van der Waals surface area contributed by atoms with Crippen LogP contribution in [0, 0.1) is 0 Å². The molecule has 2 aromatic carbocycles. The maximum atomic E-state index is 12.5. The van der Waals surface area contributed by atoms with Crippen LogP contribution in [0.4, 0.5) is 15.3 Å². The number of aliphatic carboxylic acids is 1. The molecule has 0 saturated heterocycles. The topological polar surface area (TPSA) is 117 Å². The lowest BCUT2D eigenvalue weighted by Gasteiger charge is -2.28. The molecule has 2 aromatic rings. The van der Waals surface area contributed by atoms with Gasteiger partial charge in [0, 0.05) is 19.8 Å². The first-order valence-corrected chi connectivity index (χ1v) is 10.4. The molecule has 0 heterocycles. The zero-order valence-electron chi connectivity index (χ0n) is 19.5. The normalized spacial score (nSPS) is 12.8. The van der Waals surface area contributed by atoms with Gasteiger partial charge in [0.1, 0.15) is 12.2 Å². The van der Waals surface area contributed by atoms with E-state index in [1.807, 2.05) is 25.1 Å². The number of anilines is 1. The van der Waals surface area contributed by atoms with Crippen LogP contribution in [-0.4, -0.2) is 49.0 Å². The number of hydrogen-bond acceptors (Lipinski definition) is 6. The summed E-state index contributed by atoms with van der Waals surface area (Å²) in [5, 5.41) is 14.8. The van der Waals surface area contributed by atoms with Crippen molar-refractivity contribution in [2.24, 2.45) is 0 Å². The van der Waals surface area contributed by atoms with E-state index in [2.05, 4.69) is 10.6 Å². The predicted molar refractivity (Wildman–Crippen MR) is 124 cm³/mol. The molecule has 2 amide bonds. The minimum atomic E-state index is -1.51. The van der Waals surface area contributed by atoms with Gasteiger partial charge >= 0.3 is 18.2 Å². The Bertz CT molecular complexity index is 939. The van der Waals surface area contributed by atoms with Gasteiger partial charge in [0.2, 0.25) is 0 Å². The Morgan fingerprint density at radius 3 is 2.06 bits per heavy atom. The van der Waals surface area contributed by atoms with E-state index in [0.717, 1.165) is 11.3 Å². The molecule has 0 aliphatic heterocycles. The van der Waals surface area contributed by atoms with Gasteiger partial charge in [-0.3, -0.25) is 0 Å². The lowest BCUT2D eigenvalue weighted by Crippen LogP contribution is -2.51. The summed E-state index contributed by atoms with van der Waals surface area (Å²) in [5.74, 6) is -1.34. The van der Waals surface area contributed by atoms with Gasteiger partial charge in [-0.1, -0.05) is 42.5 Å². The van der Waals surface area contributed by atoms with E-state index >= 15 is 0 Å². The van der Waals surface area contributed by atoms with Crippen molar-refractivity contribution >= 4 is 23.8 Å². The lowest BCUT2D eigenvalue weighted by molar-refractivity contribution is -0.140. The van der Waals surface area contributed by atoms with Crippen molar-refractivity contribution in [1.82, 2.24) is 10.6 Å². The fraction of sp³-hybridized carbons (Fsp3) is 0.375. The number of nitrogens with zero attached hydrogens (tertiary/aromatic N) is 1. The molecule has 0 bridgehead atoms. The summed E-state index contributed by atoms with van der Waals surface area (Å²) in [6.07, 6.45) is -1.73. The first-order valence-electron chi connectivity index (χ1n) is 10.4. The second kappa shape index (κ2) is 11.2. The molecule has 9 nitrogen and oxygen atoms in total. The third kappa shape index (κ3) is 8.36. The van der Waals surface area contributed by atoms with E-state index < -0.39 is 35.8 Å². The summed E-state index contributed by atoms with van der Waals surface area (Å²) in [6.45, 7) is 5.06. The van der Waals surface area contributed by atoms with Gasteiger partial charge in [-0.2, -0.15) is 0 Å². The van der Waals surface area contributed by atoms with E-state index in [9.17, 15) is 19.5 Å². The largest absolute Gasteiger partial charge is 0.480 e. The first kappa shape index (κ1) is 25.5. The van der Waals surface area contributed by atoms with E-state index in [1.54, 1.807) is 69.3 Å². The molecule has 2 atom stereocenters. The van der Waals surface area contributed by atoms with Crippen molar-refractivity contribution in [3.05, 3.63) is 65.7 Å². The Hall–Kier alpha value is -3.75. The SMILES string of the molecule is CN(C)c1ccc([C@@H](NC(=O)OC(C)(C)C)[C@H](NC(=O)OCc2ccccc2)C(=O)O)cc1. The summed E-state index contributed by atoms with van der Waals surface area (Å²) in [4.78, 5) is 38.8. The molecule has 0 aromatic heterocycles. The van der Waals surface area contributed by atoms with Crippen molar-refractivity contribution in [3.8, 4) is 0 Å². The minimum absolute atomic E-state index is 0.0271. The standard InChI is InChI=1S/C24H31N3O6/c1-24(2,3)33-23(31)25-19(17-11-13-18(14-12-17)27(4)5)20(21(28)29)26-22(30)32-15-16-9-7-6-8-10-16/h6-14,19-20H,15H2,1-5H3,(H,25,31)(H,26,30)(H,28,29)/t19-,20+/m1/s1. The summed E-state index contributed by atoms with van der Waals surface area (Å²) in [6, 6.07) is 13.3. The van der Waals surface area contributed by atoms with Crippen LogP contribution in [0.1, 0.15) is 37.9 Å². The molecule has 0 radical (unpaired) electrons. The fourth-order valence-electron chi connectivity index (χ4n) is 2.95. The number of carboxylic acids is 1. The Morgan fingerprint density at radius 1 is 0.939 bits per heavy atom. The van der Waals surface area contributed by atoms with Crippen LogP contribution >= 0.6 is 0 Å². The van der Waals surface area contributed by atoms with Crippen LogP contribution in [0.3, 0.4) is 0 Å². The molecule has 0 saturated carbocycles. The monoisotopic (exact) mass is 457 g/mol. The van der Waals surface area contributed by atoms with Crippen molar-refractivity contribution in [1.29, 1.82) is 0 Å². The van der Waals surface area contributed by atoms with Crippen molar-refractivity contribution in [2.45, 2.75) is 45.1 Å². The van der Waals surface area contributed by atoms with Crippen LogP contribution in [-0.2, 0) is 20.9 Å². The van der Waals surface area contributed by atoms with Crippen LogP contribution in [0.2, 0.25) is 0 Å². The molecule has 0 spiro atoms. The van der Waals surface area contributed by atoms with Gasteiger partial charge < -0.3 is 30.1 Å². The number of carbonyl (C=O) groups is 3. The third-order valence-electron chi connectivity index (χ3n) is 4.53. The van der Waals surface area contributed by atoms with Gasteiger partial charge in [-0.15, -0.1) is 0 Å². The van der Waals surface area contributed by atoms with Gasteiger partial charge in [-0.05, 0) is 44.0 Å². The highest BCUT2D eigenvalue weighted by Crippen LogP contribution is 2.22. The summed E-state index contributed by atoms with van der Waals surface area (Å²) >= 11 is 0. The number of alkyl carbamates (subject to hydrolysis) is 2. The number of amides is 2. The summed E-state index contributed by atoms with van der Waals surface area (Å²) in [7, 11) is 3.74. The Morgan fingerprint density at radius 2 is 1.55 bits per heavy atom. The molecule has 33 heavy (non-hydrogen) atoms. The van der Waals surface area contributed by atoms with Crippen LogP contribution in [0.25, 0.3) is 0 Å². The van der Waals surface area contributed by atoms with E-state index in [0.29, 0.717) is 5.56 Å². The minimum Gasteiger partial charge on any atom is -0.480 e. The zero-order chi connectivity index (χ0) is 24.6. The first-order chi connectivity index (χ1) is 15.5. The molecule has 0 unspecified atom stereocenters. The number of carbonyl (C=O) groups excluding carboxylic acids is 2. The van der Waals surface area contributed by atoms with E-state index in [-0.39, 0.29) is 6.61 Å². The molecule has 3 N–H and O–H groups in total. The van der Waals surface area contributed by atoms with Crippen LogP contribution in [0.15, 0.2) is 54.6 Å². The van der Waals surface area contributed by atoms with Crippen molar-refractivity contribution in [2.75, 3.05) is 19.0 Å². The number of benzene rings is 2. The highest BCUT2D eigenvalue weighted by Gasteiger charge is 2.34. The fourth-order valence-corrected chi connectivity index (χ4v) is 2.95. The van der Waals surface area contributed by atoms with E-state index in [1.165, 1.54) is 0 Å². The number of carboxylic acid groups (broad SMARTS) is 1. The van der Waals surface area contributed by atoms with Gasteiger partial charge in [0.25, 0.3) is 0 Å². The maximum Gasteiger partial charge on any atom is 0.408 e. The van der Waals surface area contributed by atoms with Gasteiger partial charge in [0.05, 0.1) is 6.04 Å². The Kier molecular flexibility index (Phi) is 8.67. The number of rotatable bonds is 8. The highest BCUT2D eigenvalue weighted by molar-refractivity contribution is 5.82. The van der Waals surface area contributed by atoms with Crippen molar-refractivity contribution in [3.63, 3.8) is 0 Å². The Labute approximate surface area is 193 Å². The van der Waals surface area contributed by atoms with Crippen LogP contribution < -0.4 is 15.5 Å². The molecule has 9 heteroatoms. The summed E-state index contributed by atoms with van der Waals surface area (Å²) in [5.41, 5.74) is 1.32. The second-order valence-corrected chi connectivity index (χ2v) is 8.63. The smallest absolute Gasteiger partial charge is 0.408 e. The molecule has 0 aliphatic rings. The van der Waals surface area contributed by atoms with Crippen molar-refractivity contribution < 1.29 is 29.0 Å². The van der Waals surface area contributed by atoms with E-state index in [4.69, 9.17) is 9.47 Å². The van der Waals surface area contributed by atoms with Gasteiger partial charge in [0.15, 0.2) is 6.04 Å². The number of hydrogen-bond donors (Lipinski definition) is 3. The predicted octanol–water partition coefficient (Wildman–Crippen LogP) is 3.70. The maximum absolute atomic E-state index is 12.5. The Balaban J connectivity index is 2.24. The quantitative estimate of drug-likeness (QED) is 0.553. The zero-order valence-corrected chi connectivity index (χ0v) is 19.5. The molecule has 178 valence electrons. The highest BCUT2D eigenvalue weighted by atomic mass is 16.6. The number of ether oxygens (including phenoxy) is 2. The third-order valence-corrected chi connectivity index (χ3v) is 4.53. The average Bonchev–Trinajstić information content (AvgIpc) is 2.74. The average molecular weight is 458 g/mol. The second-order valence-electron chi connectivity index (χ2n) is 8.63. The molecular formula is C24H31N3O6. The van der Waals surface area contributed by atoms with Crippen LogP contribution in [0.5, 0.6) is 0 Å². The molecule has 0 fully saturated rings. The number of nitrogens with one attached hydrogen (secondary N) is 2. The molecule has 2 rings (SSSR count). The molecular weight excluding hydrogens is 426 g/mol. The van der Waals surface area contributed by atoms with Gasteiger partial charge in [-0.25, -0.2) is 14.4 Å². The summed E-state index contributed by atoms with van der Waals surface area (Å²) < 4.78 is 10.5. The molecule has 0 aliphatic carbocycles. The lowest BCUT2D eigenvalue weighted by atomic mass is 9.99.